The SMILES string of the molecule is Cc1cn(CC2CSCCS2)c(NCC(C)C)n1. The topological polar surface area (TPSA) is 29.9 Å². The summed E-state index contributed by atoms with van der Waals surface area (Å²) in [5, 5.41) is 4.19. The summed E-state index contributed by atoms with van der Waals surface area (Å²) < 4.78 is 2.29. The van der Waals surface area contributed by atoms with E-state index in [0.717, 1.165) is 30.0 Å². The van der Waals surface area contributed by atoms with Gasteiger partial charge in [-0.3, -0.25) is 0 Å². The van der Waals surface area contributed by atoms with Crippen molar-refractivity contribution in [2.75, 3.05) is 29.1 Å². The van der Waals surface area contributed by atoms with Gasteiger partial charge in [-0.15, -0.1) is 0 Å². The number of anilines is 1. The molecule has 1 aliphatic rings. The van der Waals surface area contributed by atoms with Crippen LogP contribution in [0.5, 0.6) is 0 Å². The van der Waals surface area contributed by atoms with Crippen LogP contribution >= 0.6 is 23.5 Å². The number of nitrogens with zero attached hydrogens (tertiary/aromatic N) is 2. The zero-order chi connectivity index (χ0) is 13.0. The lowest BCUT2D eigenvalue weighted by Gasteiger charge is -2.22. The third-order valence-corrected chi connectivity index (χ3v) is 5.68. The Labute approximate surface area is 119 Å². The molecule has 2 heterocycles. The van der Waals surface area contributed by atoms with E-state index in [9.17, 15) is 0 Å². The van der Waals surface area contributed by atoms with E-state index in [2.05, 4.69) is 65.4 Å². The fourth-order valence-electron chi connectivity index (χ4n) is 1.98. The van der Waals surface area contributed by atoms with Gasteiger partial charge >= 0.3 is 0 Å². The second-order valence-electron chi connectivity index (χ2n) is 5.20. The number of hydrogen-bond donors (Lipinski definition) is 1. The third-order valence-electron chi connectivity index (χ3n) is 2.85. The first kappa shape index (κ1) is 14.1. The normalized spacial score (nSPS) is 20.3. The molecular weight excluding hydrogens is 262 g/mol. The fraction of sp³-hybridized carbons (Fsp3) is 0.769. The lowest BCUT2D eigenvalue weighted by molar-refractivity contribution is 0.660. The first-order valence-electron chi connectivity index (χ1n) is 6.62. The molecule has 0 saturated carbocycles. The van der Waals surface area contributed by atoms with Gasteiger partial charge in [-0.1, -0.05) is 13.8 Å². The summed E-state index contributed by atoms with van der Waals surface area (Å²) in [5.41, 5.74) is 1.11. The Morgan fingerprint density at radius 3 is 3.00 bits per heavy atom. The smallest absolute Gasteiger partial charge is 0.203 e. The Morgan fingerprint density at radius 2 is 2.33 bits per heavy atom. The van der Waals surface area contributed by atoms with E-state index in [0.29, 0.717) is 5.92 Å². The van der Waals surface area contributed by atoms with Gasteiger partial charge in [-0.25, -0.2) is 4.98 Å². The van der Waals surface area contributed by atoms with Crippen LogP contribution in [-0.2, 0) is 6.54 Å². The van der Waals surface area contributed by atoms with Gasteiger partial charge in [0.1, 0.15) is 0 Å². The van der Waals surface area contributed by atoms with Crippen LogP contribution in [0.1, 0.15) is 19.5 Å². The molecule has 1 N–H and O–H groups in total. The van der Waals surface area contributed by atoms with Crippen LogP contribution in [0.2, 0.25) is 0 Å². The van der Waals surface area contributed by atoms with Gasteiger partial charge < -0.3 is 9.88 Å². The van der Waals surface area contributed by atoms with Crippen LogP contribution in [0, 0.1) is 12.8 Å². The van der Waals surface area contributed by atoms with Crippen molar-refractivity contribution in [3.63, 3.8) is 0 Å². The molecule has 0 aromatic carbocycles. The number of nitrogens with one attached hydrogen (secondary N) is 1. The van der Waals surface area contributed by atoms with E-state index in [1.165, 1.54) is 17.3 Å². The van der Waals surface area contributed by atoms with Crippen LogP contribution in [0.15, 0.2) is 6.20 Å². The summed E-state index contributed by atoms with van der Waals surface area (Å²) in [7, 11) is 0. The minimum atomic E-state index is 0.648. The molecule has 1 unspecified atom stereocenters. The van der Waals surface area contributed by atoms with Crippen LogP contribution in [0.4, 0.5) is 5.95 Å². The average molecular weight is 285 g/mol. The number of hydrogen-bond acceptors (Lipinski definition) is 4. The number of rotatable bonds is 5. The number of aromatic nitrogens is 2. The molecular formula is C13H23N3S2. The molecule has 0 bridgehead atoms. The van der Waals surface area contributed by atoms with Crippen molar-refractivity contribution in [1.82, 2.24) is 9.55 Å². The van der Waals surface area contributed by atoms with Gasteiger partial charge in [0.15, 0.2) is 0 Å². The average Bonchev–Trinajstić information content (AvgIpc) is 2.68. The Kier molecular flexibility index (Phi) is 5.30. The molecule has 18 heavy (non-hydrogen) atoms. The minimum Gasteiger partial charge on any atom is -0.355 e. The fourth-order valence-corrected chi connectivity index (χ4v) is 4.65. The second-order valence-corrected chi connectivity index (χ2v) is 7.76. The quantitative estimate of drug-likeness (QED) is 0.900. The molecule has 2 rings (SSSR count). The first-order valence-corrected chi connectivity index (χ1v) is 8.82. The van der Waals surface area contributed by atoms with Crippen molar-refractivity contribution < 1.29 is 0 Å². The van der Waals surface area contributed by atoms with Gasteiger partial charge in [0.05, 0.1) is 5.69 Å². The van der Waals surface area contributed by atoms with E-state index >= 15 is 0 Å². The monoisotopic (exact) mass is 285 g/mol. The highest BCUT2D eigenvalue weighted by Crippen LogP contribution is 2.26. The lowest BCUT2D eigenvalue weighted by atomic mass is 10.2. The van der Waals surface area contributed by atoms with Crippen LogP contribution in [0.3, 0.4) is 0 Å². The van der Waals surface area contributed by atoms with Gasteiger partial charge in [-0.05, 0) is 12.8 Å². The Balaban J connectivity index is 1.97. The van der Waals surface area contributed by atoms with Crippen LogP contribution < -0.4 is 5.32 Å². The summed E-state index contributed by atoms with van der Waals surface area (Å²) in [4.78, 5) is 4.58. The standard InChI is InChI=1S/C13H23N3S2/c1-10(2)6-14-13-15-11(3)7-16(13)8-12-9-17-4-5-18-12/h7,10,12H,4-6,8-9H2,1-3H3,(H,14,15). The van der Waals surface area contributed by atoms with Gasteiger partial charge in [0.2, 0.25) is 5.95 Å². The Morgan fingerprint density at radius 1 is 1.50 bits per heavy atom. The minimum absolute atomic E-state index is 0.648. The van der Waals surface area contributed by atoms with Gasteiger partial charge in [0.25, 0.3) is 0 Å². The second kappa shape index (κ2) is 6.75. The number of thioether (sulfide) groups is 2. The summed E-state index contributed by atoms with van der Waals surface area (Å²) >= 11 is 4.18. The van der Waals surface area contributed by atoms with Crippen molar-refractivity contribution in [3.05, 3.63) is 11.9 Å². The zero-order valence-corrected chi connectivity index (χ0v) is 13.1. The predicted octanol–water partition coefficient (Wildman–Crippen LogP) is 3.11. The number of imidazole rings is 1. The molecule has 1 aliphatic heterocycles. The molecule has 1 aromatic heterocycles. The largest absolute Gasteiger partial charge is 0.355 e. The zero-order valence-electron chi connectivity index (χ0n) is 11.5. The first-order chi connectivity index (χ1) is 8.65. The molecule has 0 amide bonds. The molecule has 3 nitrogen and oxygen atoms in total. The van der Waals surface area contributed by atoms with Crippen LogP contribution in [-0.4, -0.2) is 38.6 Å². The molecule has 0 aliphatic carbocycles. The van der Waals surface area contributed by atoms with E-state index in [1.54, 1.807) is 0 Å². The van der Waals surface area contributed by atoms with E-state index in [-0.39, 0.29) is 0 Å². The highest BCUT2D eigenvalue weighted by atomic mass is 32.2. The highest BCUT2D eigenvalue weighted by molar-refractivity contribution is 8.06. The summed E-state index contributed by atoms with van der Waals surface area (Å²) in [5.74, 6) is 5.55. The maximum absolute atomic E-state index is 4.58. The van der Waals surface area contributed by atoms with Crippen molar-refractivity contribution in [3.8, 4) is 0 Å². The third kappa shape index (κ3) is 4.12. The Bertz CT molecular complexity index is 370. The van der Waals surface area contributed by atoms with E-state index in [4.69, 9.17) is 0 Å². The maximum atomic E-state index is 4.58. The molecule has 102 valence electrons. The summed E-state index contributed by atoms with van der Waals surface area (Å²) in [6.45, 7) is 8.59. The predicted molar refractivity (Wildman–Crippen MR) is 83.9 cm³/mol. The summed E-state index contributed by atoms with van der Waals surface area (Å²) in [6, 6.07) is 0. The lowest BCUT2D eigenvalue weighted by Crippen LogP contribution is -2.22. The maximum Gasteiger partial charge on any atom is 0.203 e. The molecule has 1 atom stereocenters. The van der Waals surface area contributed by atoms with Crippen molar-refractivity contribution in [1.29, 1.82) is 0 Å². The van der Waals surface area contributed by atoms with Crippen molar-refractivity contribution in [2.45, 2.75) is 32.6 Å². The molecule has 0 spiro atoms. The molecule has 1 saturated heterocycles. The van der Waals surface area contributed by atoms with Crippen molar-refractivity contribution in [2.24, 2.45) is 5.92 Å². The van der Waals surface area contributed by atoms with Crippen LogP contribution in [0.25, 0.3) is 0 Å². The van der Waals surface area contributed by atoms with Gasteiger partial charge in [-0.2, -0.15) is 23.5 Å². The van der Waals surface area contributed by atoms with E-state index < -0.39 is 0 Å². The van der Waals surface area contributed by atoms with E-state index in [1.807, 2.05) is 0 Å². The molecule has 1 fully saturated rings. The van der Waals surface area contributed by atoms with Crippen molar-refractivity contribution >= 4 is 29.5 Å². The Hall–Kier alpha value is -0.290. The highest BCUT2D eigenvalue weighted by Gasteiger charge is 2.16. The molecule has 0 radical (unpaired) electrons. The van der Waals surface area contributed by atoms with Gasteiger partial charge in [0, 0.05) is 41.8 Å². The number of aryl methyl sites for hydroxylation is 1. The summed E-state index contributed by atoms with van der Waals surface area (Å²) in [6.07, 6.45) is 2.17. The molecule has 5 heteroatoms. The molecule has 1 aromatic rings.